The van der Waals surface area contributed by atoms with E-state index in [9.17, 15) is 0 Å². The third-order valence-electron chi connectivity index (χ3n) is 2.58. The fourth-order valence-corrected chi connectivity index (χ4v) is 1.77. The molecule has 0 aliphatic heterocycles. The van der Waals surface area contributed by atoms with E-state index in [-0.39, 0.29) is 0 Å². The minimum atomic E-state index is 0.385. The van der Waals surface area contributed by atoms with Crippen molar-refractivity contribution in [2.24, 2.45) is 11.3 Å². The van der Waals surface area contributed by atoms with Gasteiger partial charge in [-0.2, -0.15) is 0 Å². The summed E-state index contributed by atoms with van der Waals surface area (Å²) in [6.45, 7) is 7.68. The smallest absolute Gasteiger partial charge is 0.0467 e. The van der Waals surface area contributed by atoms with Gasteiger partial charge in [-0.15, -0.1) is 0 Å². The molecule has 1 unspecified atom stereocenters. The predicted molar refractivity (Wildman–Crippen MR) is 53.2 cm³/mol. The third-order valence-corrected chi connectivity index (χ3v) is 3.86. The van der Waals surface area contributed by atoms with Crippen molar-refractivity contribution in [2.75, 3.05) is 19.0 Å². The van der Waals surface area contributed by atoms with E-state index >= 15 is 0 Å². The lowest BCUT2D eigenvalue weighted by molar-refractivity contribution is 0.129. The van der Waals surface area contributed by atoms with Gasteiger partial charge in [-0.05, 0) is 17.8 Å². The molecule has 1 atom stereocenters. The largest absolute Gasteiger partial charge is 0.385 e. The van der Waals surface area contributed by atoms with Crippen molar-refractivity contribution >= 4 is 15.9 Å². The molecule has 0 heterocycles. The molecular weight excluding hydrogens is 204 g/mol. The minimum absolute atomic E-state index is 0.385. The lowest BCUT2D eigenvalue weighted by Gasteiger charge is -2.31. The van der Waals surface area contributed by atoms with Crippen LogP contribution in [0.2, 0.25) is 0 Å². The Kier molecular flexibility index (Phi) is 5.36. The Labute approximate surface area is 78.6 Å². The second-order valence-corrected chi connectivity index (χ2v) is 4.25. The van der Waals surface area contributed by atoms with Gasteiger partial charge in [-0.1, -0.05) is 36.7 Å². The van der Waals surface area contributed by atoms with Crippen LogP contribution >= 0.6 is 15.9 Å². The van der Waals surface area contributed by atoms with Crippen molar-refractivity contribution in [3.63, 3.8) is 0 Å². The Morgan fingerprint density at radius 2 is 2.00 bits per heavy atom. The van der Waals surface area contributed by atoms with Crippen LogP contribution in [0.1, 0.15) is 27.2 Å². The summed E-state index contributed by atoms with van der Waals surface area (Å²) in [5.41, 5.74) is 0.385. The molecule has 0 amide bonds. The molecule has 0 spiro atoms. The molecule has 0 aliphatic carbocycles. The van der Waals surface area contributed by atoms with Crippen LogP contribution in [0.25, 0.3) is 0 Å². The molecule has 0 aliphatic rings. The van der Waals surface area contributed by atoms with Gasteiger partial charge in [0.1, 0.15) is 0 Å². The van der Waals surface area contributed by atoms with E-state index < -0.39 is 0 Å². The quantitative estimate of drug-likeness (QED) is 0.651. The van der Waals surface area contributed by atoms with Gasteiger partial charge in [-0.3, -0.25) is 0 Å². The van der Waals surface area contributed by atoms with E-state index in [1.807, 2.05) is 0 Å². The molecule has 0 saturated heterocycles. The Balaban J connectivity index is 3.88. The first-order chi connectivity index (χ1) is 5.06. The molecule has 68 valence electrons. The third kappa shape index (κ3) is 3.57. The number of hydrogen-bond donors (Lipinski definition) is 0. The van der Waals surface area contributed by atoms with Gasteiger partial charge in [0.15, 0.2) is 0 Å². The van der Waals surface area contributed by atoms with E-state index in [4.69, 9.17) is 4.74 Å². The highest BCUT2D eigenvalue weighted by molar-refractivity contribution is 9.09. The van der Waals surface area contributed by atoms with Crippen LogP contribution in [-0.4, -0.2) is 19.0 Å². The van der Waals surface area contributed by atoms with Crippen LogP contribution in [0.5, 0.6) is 0 Å². The summed E-state index contributed by atoms with van der Waals surface area (Å²) >= 11 is 3.55. The molecule has 0 aromatic heterocycles. The van der Waals surface area contributed by atoms with Crippen LogP contribution < -0.4 is 0 Å². The summed E-state index contributed by atoms with van der Waals surface area (Å²) in [4.78, 5) is 0. The minimum Gasteiger partial charge on any atom is -0.385 e. The fourth-order valence-electron chi connectivity index (χ4n) is 0.845. The summed E-state index contributed by atoms with van der Waals surface area (Å²) in [5.74, 6) is 0.706. The van der Waals surface area contributed by atoms with Crippen molar-refractivity contribution < 1.29 is 4.74 Å². The van der Waals surface area contributed by atoms with Crippen molar-refractivity contribution in [2.45, 2.75) is 27.2 Å². The zero-order valence-corrected chi connectivity index (χ0v) is 9.57. The van der Waals surface area contributed by atoms with Gasteiger partial charge >= 0.3 is 0 Å². The van der Waals surface area contributed by atoms with E-state index in [0.29, 0.717) is 11.3 Å². The second-order valence-electron chi connectivity index (χ2n) is 3.69. The van der Waals surface area contributed by atoms with E-state index in [1.165, 1.54) is 0 Å². The fraction of sp³-hybridized carbons (Fsp3) is 1.00. The molecule has 0 radical (unpaired) electrons. The molecule has 0 rings (SSSR count). The van der Waals surface area contributed by atoms with Gasteiger partial charge in [0, 0.05) is 19.0 Å². The summed E-state index contributed by atoms with van der Waals surface area (Å²) in [6, 6.07) is 0. The van der Waals surface area contributed by atoms with Crippen molar-refractivity contribution in [3.05, 3.63) is 0 Å². The molecule has 0 N–H and O–H groups in total. The van der Waals surface area contributed by atoms with Crippen molar-refractivity contribution in [1.29, 1.82) is 0 Å². The molecule has 0 aromatic carbocycles. The first-order valence-corrected chi connectivity index (χ1v) is 5.24. The molecule has 0 aromatic rings. The maximum absolute atomic E-state index is 5.07. The number of alkyl halides is 1. The second kappa shape index (κ2) is 5.15. The Hall–Kier alpha value is 0.440. The first kappa shape index (κ1) is 11.4. The van der Waals surface area contributed by atoms with Crippen LogP contribution in [0.15, 0.2) is 0 Å². The number of methoxy groups -OCH3 is 1. The lowest BCUT2D eigenvalue weighted by Crippen LogP contribution is -2.26. The van der Waals surface area contributed by atoms with E-state index in [1.54, 1.807) is 7.11 Å². The maximum atomic E-state index is 5.07. The molecule has 0 fully saturated rings. The van der Waals surface area contributed by atoms with Crippen LogP contribution in [0.3, 0.4) is 0 Å². The van der Waals surface area contributed by atoms with Gasteiger partial charge in [0.05, 0.1) is 0 Å². The van der Waals surface area contributed by atoms with E-state index in [0.717, 1.165) is 18.4 Å². The SMILES string of the molecule is COCCC(C)(CBr)C(C)C. The number of ether oxygens (including phenoxy) is 1. The molecule has 1 nitrogen and oxygen atoms in total. The summed E-state index contributed by atoms with van der Waals surface area (Å²) in [5, 5.41) is 1.06. The Morgan fingerprint density at radius 3 is 2.27 bits per heavy atom. The average Bonchev–Trinajstić information content (AvgIpc) is 2.00. The number of hydrogen-bond acceptors (Lipinski definition) is 1. The molecular formula is C9H19BrO. The number of rotatable bonds is 5. The summed E-state index contributed by atoms with van der Waals surface area (Å²) in [7, 11) is 1.76. The van der Waals surface area contributed by atoms with Crippen molar-refractivity contribution in [3.8, 4) is 0 Å². The Morgan fingerprint density at radius 1 is 1.45 bits per heavy atom. The average molecular weight is 223 g/mol. The maximum Gasteiger partial charge on any atom is 0.0467 e. The molecule has 0 bridgehead atoms. The lowest BCUT2D eigenvalue weighted by atomic mass is 9.78. The van der Waals surface area contributed by atoms with Gasteiger partial charge in [0.2, 0.25) is 0 Å². The zero-order valence-electron chi connectivity index (χ0n) is 7.98. The van der Waals surface area contributed by atoms with Crippen LogP contribution in [0, 0.1) is 11.3 Å². The monoisotopic (exact) mass is 222 g/mol. The molecule has 11 heavy (non-hydrogen) atoms. The van der Waals surface area contributed by atoms with Gasteiger partial charge in [-0.25, -0.2) is 0 Å². The normalized spacial score (nSPS) is 16.9. The highest BCUT2D eigenvalue weighted by Crippen LogP contribution is 2.32. The molecule has 2 heteroatoms. The van der Waals surface area contributed by atoms with Gasteiger partial charge < -0.3 is 4.74 Å². The van der Waals surface area contributed by atoms with Gasteiger partial charge in [0.25, 0.3) is 0 Å². The zero-order chi connectivity index (χ0) is 8.91. The topological polar surface area (TPSA) is 9.23 Å². The highest BCUT2D eigenvalue weighted by Gasteiger charge is 2.26. The van der Waals surface area contributed by atoms with Crippen LogP contribution in [-0.2, 0) is 4.74 Å². The first-order valence-electron chi connectivity index (χ1n) is 4.11. The van der Waals surface area contributed by atoms with Crippen LogP contribution in [0.4, 0.5) is 0 Å². The predicted octanol–water partition coefficient (Wildman–Crippen LogP) is 3.08. The Bertz CT molecular complexity index is 104. The van der Waals surface area contributed by atoms with Crippen molar-refractivity contribution in [1.82, 2.24) is 0 Å². The molecule has 0 saturated carbocycles. The van der Waals surface area contributed by atoms with E-state index in [2.05, 4.69) is 36.7 Å². The highest BCUT2D eigenvalue weighted by atomic mass is 79.9. The number of halogens is 1. The summed E-state index contributed by atoms with van der Waals surface area (Å²) in [6.07, 6.45) is 1.13. The summed E-state index contributed by atoms with van der Waals surface area (Å²) < 4.78 is 5.07. The standard InChI is InChI=1S/C9H19BrO/c1-8(2)9(3,7-10)5-6-11-4/h8H,5-7H2,1-4H3.